The second-order valence-corrected chi connectivity index (χ2v) is 8.18. The molecule has 1 atom stereocenters. The van der Waals surface area contributed by atoms with E-state index in [-0.39, 0.29) is 30.2 Å². The van der Waals surface area contributed by atoms with Gasteiger partial charge in [0.2, 0.25) is 0 Å². The van der Waals surface area contributed by atoms with E-state index in [4.69, 9.17) is 5.26 Å². The Morgan fingerprint density at radius 1 is 1.35 bits per heavy atom. The van der Waals surface area contributed by atoms with Crippen molar-refractivity contribution in [2.75, 3.05) is 18.0 Å². The van der Waals surface area contributed by atoms with E-state index in [1.54, 1.807) is 13.0 Å². The minimum atomic E-state index is -0.496. The van der Waals surface area contributed by atoms with Crippen LogP contribution in [-0.4, -0.2) is 46.1 Å². The SMILES string of the molecule is Cc1cc(CNC(=O)N(C2CC2)[C@@H]2CCCN(c3cc(=O)[nH]cn3)C2)c(F)cc1C#N. The maximum Gasteiger partial charge on any atom is 0.318 e. The van der Waals surface area contributed by atoms with Crippen LogP contribution in [-0.2, 0) is 6.54 Å². The number of benzene rings is 1. The fourth-order valence-corrected chi connectivity index (χ4v) is 4.16. The lowest BCUT2D eigenvalue weighted by atomic mass is 10.0. The van der Waals surface area contributed by atoms with Crippen molar-refractivity contribution in [3.05, 3.63) is 57.4 Å². The van der Waals surface area contributed by atoms with Gasteiger partial charge >= 0.3 is 6.03 Å². The predicted molar refractivity (Wildman–Crippen MR) is 113 cm³/mol. The first-order valence-corrected chi connectivity index (χ1v) is 10.5. The number of nitrogens with zero attached hydrogens (tertiary/aromatic N) is 4. The molecule has 1 aliphatic heterocycles. The number of amides is 2. The molecule has 1 saturated carbocycles. The molecule has 2 aromatic rings. The van der Waals surface area contributed by atoms with Gasteiger partial charge in [-0.3, -0.25) is 4.79 Å². The zero-order chi connectivity index (χ0) is 22.0. The number of aromatic amines is 1. The monoisotopic (exact) mass is 424 g/mol. The summed E-state index contributed by atoms with van der Waals surface area (Å²) < 4.78 is 14.3. The van der Waals surface area contributed by atoms with Gasteiger partial charge in [0, 0.05) is 37.3 Å². The third-order valence-electron chi connectivity index (χ3n) is 5.90. The molecule has 9 heteroatoms. The molecule has 2 aliphatic rings. The summed E-state index contributed by atoms with van der Waals surface area (Å²) in [5.74, 6) is 0.115. The van der Waals surface area contributed by atoms with E-state index in [1.165, 1.54) is 18.5 Å². The maximum absolute atomic E-state index is 14.3. The van der Waals surface area contributed by atoms with Crippen molar-refractivity contribution in [1.82, 2.24) is 20.2 Å². The number of piperidine rings is 1. The standard InChI is InChI=1S/C22H25FN6O2/c1-14-7-16(19(23)8-15(14)10-24)11-25-22(31)29(17-4-5-17)18-3-2-6-28(12-18)20-9-21(30)27-13-26-20/h7-9,13,17-18H,2-6,11-12H2,1H3,(H,25,31)(H,26,27,30)/t18-/m1/s1. The second-order valence-electron chi connectivity index (χ2n) is 8.18. The fraction of sp³-hybridized carbons (Fsp3) is 0.455. The first kappa shape index (κ1) is 20.8. The van der Waals surface area contributed by atoms with Gasteiger partial charge in [0.15, 0.2) is 0 Å². The first-order valence-electron chi connectivity index (χ1n) is 10.5. The molecule has 0 radical (unpaired) electrons. The number of hydrogen-bond donors (Lipinski definition) is 2. The lowest BCUT2D eigenvalue weighted by Gasteiger charge is -2.40. The number of carbonyl (C=O) groups is 1. The number of carbonyl (C=O) groups excluding carboxylic acids is 1. The third-order valence-corrected chi connectivity index (χ3v) is 5.90. The molecule has 1 aromatic heterocycles. The summed E-state index contributed by atoms with van der Waals surface area (Å²) in [5, 5.41) is 11.9. The predicted octanol–water partition coefficient (Wildman–Crippen LogP) is 2.43. The molecular formula is C22H25FN6O2. The average molecular weight is 424 g/mol. The van der Waals surface area contributed by atoms with Crippen LogP contribution < -0.4 is 15.8 Å². The number of H-pyrrole nitrogens is 1. The smallest absolute Gasteiger partial charge is 0.318 e. The average Bonchev–Trinajstić information content (AvgIpc) is 3.59. The molecule has 1 aromatic carbocycles. The summed E-state index contributed by atoms with van der Waals surface area (Å²) in [6, 6.07) is 6.22. The van der Waals surface area contributed by atoms with Gasteiger partial charge in [-0.1, -0.05) is 6.07 Å². The largest absolute Gasteiger partial charge is 0.354 e. The summed E-state index contributed by atoms with van der Waals surface area (Å²) in [6.07, 6.45) is 5.06. The molecule has 0 unspecified atom stereocenters. The normalized spacial score (nSPS) is 18.4. The minimum absolute atomic E-state index is 0.00474. The Hall–Kier alpha value is -3.41. The molecule has 1 saturated heterocycles. The van der Waals surface area contributed by atoms with E-state index >= 15 is 0 Å². The van der Waals surface area contributed by atoms with E-state index < -0.39 is 5.82 Å². The third kappa shape index (κ3) is 4.68. The van der Waals surface area contributed by atoms with Crippen LogP contribution in [0, 0.1) is 24.1 Å². The molecule has 2 N–H and O–H groups in total. The van der Waals surface area contributed by atoms with Gasteiger partial charge in [0.1, 0.15) is 11.6 Å². The summed E-state index contributed by atoms with van der Waals surface area (Å²) in [6.45, 7) is 3.19. The van der Waals surface area contributed by atoms with Crippen LogP contribution in [0.1, 0.15) is 42.4 Å². The molecule has 0 spiro atoms. The van der Waals surface area contributed by atoms with Crippen LogP contribution in [0.5, 0.6) is 0 Å². The number of aryl methyl sites for hydroxylation is 1. The number of hydrogen-bond acceptors (Lipinski definition) is 5. The van der Waals surface area contributed by atoms with E-state index in [2.05, 4.69) is 15.3 Å². The highest BCUT2D eigenvalue weighted by Crippen LogP contribution is 2.32. The Morgan fingerprint density at radius 2 is 2.16 bits per heavy atom. The maximum atomic E-state index is 14.3. The number of anilines is 1. The number of halogens is 1. The Balaban J connectivity index is 1.45. The van der Waals surface area contributed by atoms with Crippen LogP contribution in [0.15, 0.2) is 29.3 Å². The minimum Gasteiger partial charge on any atom is -0.354 e. The quantitative estimate of drug-likeness (QED) is 0.767. The lowest BCUT2D eigenvalue weighted by molar-refractivity contribution is 0.160. The Bertz CT molecular complexity index is 1070. The topological polar surface area (TPSA) is 105 Å². The highest BCUT2D eigenvalue weighted by Gasteiger charge is 2.39. The van der Waals surface area contributed by atoms with Crippen molar-refractivity contribution in [3.63, 3.8) is 0 Å². The van der Waals surface area contributed by atoms with Crippen molar-refractivity contribution in [3.8, 4) is 6.07 Å². The number of urea groups is 1. The molecule has 162 valence electrons. The Labute approximate surface area is 179 Å². The van der Waals surface area contributed by atoms with Crippen molar-refractivity contribution in [1.29, 1.82) is 5.26 Å². The highest BCUT2D eigenvalue weighted by molar-refractivity contribution is 5.75. The number of rotatable bonds is 5. The fourth-order valence-electron chi connectivity index (χ4n) is 4.16. The summed E-state index contributed by atoms with van der Waals surface area (Å²) in [7, 11) is 0. The highest BCUT2D eigenvalue weighted by atomic mass is 19.1. The molecule has 2 fully saturated rings. The Kier molecular flexibility index (Phi) is 5.89. The molecule has 8 nitrogen and oxygen atoms in total. The number of nitriles is 1. The summed E-state index contributed by atoms with van der Waals surface area (Å²) in [4.78, 5) is 35.4. The molecule has 4 rings (SSSR count). The van der Waals surface area contributed by atoms with E-state index in [0.29, 0.717) is 29.1 Å². The molecular weight excluding hydrogens is 399 g/mol. The lowest BCUT2D eigenvalue weighted by Crippen LogP contribution is -2.54. The summed E-state index contributed by atoms with van der Waals surface area (Å²) >= 11 is 0. The van der Waals surface area contributed by atoms with Crippen LogP contribution in [0.4, 0.5) is 15.0 Å². The van der Waals surface area contributed by atoms with Gasteiger partial charge in [-0.2, -0.15) is 5.26 Å². The van der Waals surface area contributed by atoms with E-state index in [0.717, 1.165) is 32.2 Å². The van der Waals surface area contributed by atoms with E-state index in [1.807, 2.05) is 15.9 Å². The van der Waals surface area contributed by atoms with Crippen LogP contribution in [0.25, 0.3) is 0 Å². The molecule has 2 heterocycles. The summed E-state index contributed by atoms with van der Waals surface area (Å²) in [5.41, 5.74) is 1.13. The van der Waals surface area contributed by atoms with Gasteiger partial charge in [-0.25, -0.2) is 14.2 Å². The van der Waals surface area contributed by atoms with Crippen LogP contribution in [0.3, 0.4) is 0 Å². The Morgan fingerprint density at radius 3 is 2.87 bits per heavy atom. The van der Waals surface area contributed by atoms with Crippen molar-refractivity contribution in [2.24, 2.45) is 0 Å². The number of aromatic nitrogens is 2. The van der Waals surface area contributed by atoms with Gasteiger partial charge < -0.3 is 20.1 Å². The molecule has 2 amide bonds. The second kappa shape index (κ2) is 8.76. The molecule has 0 bridgehead atoms. The van der Waals surface area contributed by atoms with Gasteiger partial charge in [-0.15, -0.1) is 0 Å². The van der Waals surface area contributed by atoms with Crippen molar-refractivity contribution in [2.45, 2.75) is 51.2 Å². The van der Waals surface area contributed by atoms with Gasteiger partial charge in [-0.05, 0) is 44.2 Å². The van der Waals surface area contributed by atoms with Crippen molar-refractivity contribution >= 4 is 11.8 Å². The zero-order valence-electron chi connectivity index (χ0n) is 17.4. The first-order chi connectivity index (χ1) is 15.0. The van der Waals surface area contributed by atoms with Crippen LogP contribution in [0.2, 0.25) is 0 Å². The van der Waals surface area contributed by atoms with Crippen molar-refractivity contribution < 1.29 is 9.18 Å². The van der Waals surface area contributed by atoms with E-state index in [9.17, 15) is 14.0 Å². The zero-order valence-corrected chi connectivity index (χ0v) is 17.4. The van der Waals surface area contributed by atoms with Gasteiger partial charge in [0.05, 0.1) is 24.0 Å². The number of nitrogens with one attached hydrogen (secondary N) is 2. The molecule has 31 heavy (non-hydrogen) atoms. The molecule has 1 aliphatic carbocycles. The van der Waals surface area contributed by atoms with Gasteiger partial charge in [0.25, 0.3) is 5.56 Å². The van der Waals surface area contributed by atoms with Crippen LogP contribution >= 0.6 is 0 Å².